The highest BCUT2D eigenvalue weighted by Crippen LogP contribution is 2.28. The van der Waals surface area contributed by atoms with E-state index < -0.39 is 17.4 Å². The Balaban J connectivity index is 1.98. The van der Waals surface area contributed by atoms with Gasteiger partial charge in [0.05, 0.1) is 11.7 Å². The van der Waals surface area contributed by atoms with Gasteiger partial charge in [-0.15, -0.1) is 5.10 Å². The zero-order valence-electron chi connectivity index (χ0n) is 12.9. The van der Waals surface area contributed by atoms with Crippen LogP contribution in [0.15, 0.2) is 42.7 Å². The minimum absolute atomic E-state index is 0.262. The summed E-state index contributed by atoms with van der Waals surface area (Å²) in [6.45, 7) is 1.37. The van der Waals surface area contributed by atoms with Gasteiger partial charge in [0, 0.05) is 21.8 Å². The van der Waals surface area contributed by atoms with E-state index in [9.17, 15) is 14.7 Å². The van der Waals surface area contributed by atoms with Crippen LogP contribution in [0.4, 0.5) is 0 Å². The number of carboxylic acid groups (broad SMARTS) is 1. The number of halogens is 2. The topological polar surface area (TPSA) is 96.6 Å². The predicted octanol–water partition coefficient (Wildman–Crippen LogP) is 2.77. The van der Waals surface area contributed by atoms with Crippen LogP contribution in [0, 0.1) is 0 Å². The Morgan fingerprint density at radius 1 is 1.20 bits per heavy atom. The smallest absolute Gasteiger partial charge is 0.333 e. The first-order valence-corrected chi connectivity index (χ1v) is 7.88. The minimum atomic E-state index is -1.71. The molecule has 9 heteroatoms. The van der Waals surface area contributed by atoms with E-state index in [1.807, 2.05) is 0 Å². The Labute approximate surface area is 152 Å². The third-order valence-corrected chi connectivity index (χ3v) is 4.23. The van der Waals surface area contributed by atoms with Crippen LogP contribution >= 0.6 is 23.2 Å². The fraction of sp³-hybridized carbons (Fsp3) is 0.125. The van der Waals surface area contributed by atoms with E-state index in [4.69, 9.17) is 23.2 Å². The second-order valence-corrected chi connectivity index (χ2v) is 6.43. The quantitative estimate of drug-likeness (QED) is 0.727. The van der Waals surface area contributed by atoms with E-state index in [0.717, 1.165) is 0 Å². The Bertz CT molecular complexity index is 968. The Kier molecular flexibility index (Phi) is 4.36. The summed E-state index contributed by atoms with van der Waals surface area (Å²) in [7, 11) is 0. The SMILES string of the molecule is CC(NC(=O)c1ccn2nncc2c1)(C(=O)O)c1cc(Cl)cc(Cl)c1. The van der Waals surface area contributed by atoms with E-state index in [2.05, 4.69) is 15.6 Å². The van der Waals surface area contributed by atoms with Crippen molar-refractivity contribution in [3.05, 3.63) is 63.9 Å². The van der Waals surface area contributed by atoms with Gasteiger partial charge in [0.25, 0.3) is 5.91 Å². The number of aromatic nitrogens is 3. The number of rotatable bonds is 4. The predicted molar refractivity (Wildman–Crippen MR) is 91.9 cm³/mol. The molecule has 0 saturated carbocycles. The van der Waals surface area contributed by atoms with Crippen molar-refractivity contribution in [3.8, 4) is 0 Å². The number of carbonyl (C=O) groups excluding carboxylic acids is 1. The normalized spacial score (nSPS) is 13.4. The molecule has 0 bridgehead atoms. The van der Waals surface area contributed by atoms with Crippen molar-refractivity contribution in [1.82, 2.24) is 20.1 Å². The average molecular weight is 379 g/mol. The summed E-state index contributed by atoms with van der Waals surface area (Å²) in [5.41, 5.74) is -0.570. The van der Waals surface area contributed by atoms with Crippen molar-refractivity contribution in [2.24, 2.45) is 0 Å². The molecule has 3 aromatic rings. The summed E-state index contributed by atoms with van der Waals surface area (Å²) in [4.78, 5) is 24.4. The Morgan fingerprint density at radius 3 is 2.52 bits per heavy atom. The maximum atomic E-state index is 12.6. The van der Waals surface area contributed by atoms with Gasteiger partial charge in [-0.1, -0.05) is 28.4 Å². The standard InChI is InChI=1S/C16H12Cl2N4O3/c1-16(15(24)25,10-5-11(17)7-12(18)6-10)20-14(23)9-2-3-22-13(4-9)8-19-21-22/h2-8H,1H3,(H,20,23)(H,24,25). The van der Waals surface area contributed by atoms with Crippen molar-refractivity contribution in [1.29, 1.82) is 0 Å². The lowest BCUT2D eigenvalue weighted by molar-refractivity contribution is -0.144. The van der Waals surface area contributed by atoms with Crippen LogP contribution in [-0.2, 0) is 10.3 Å². The molecule has 7 nitrogen and oxygen atoms in total. The number of carboxylic acids is 1. The van der Waals surface area contributed by atoms with Crippen molar-refractivity contribution in [2.45, 2.75) is 12.5 Å². The highest BCUT2D eigenvalue weighted by molar-refractivity contribution is 6.34. The van der Waals surface area contributed by atoms with Crippen molar-refractivity contribution in [2.75, 3.05) is 0 Å². The van der Waals surface area contributed by atoms with E-state index in [-0.39, 0.29) is 21.2 Å². The fourth-order valence-electron chi connectivity index (χ4n) is 2.36. The van der Waals surface area contributed by atoms with Crippen LogP contribution in [0.3, 0.4) is 0 Å². The van der Waals surface area contributed by atoms with Crippen LogP contribution < -0.4 is 5.32 Å². The van der Waals surface area contributed by atoms with E-state index in [0.29, 0.717) is 5.52 Å². The number of amides is 1. The van der Waals surface area contributed by atoms with Gasteiger partial charge in [-0.05, 0) is 42.8 Å². The molecule has 2 aromatic heterocycles. The largest absolute Gasteiger partial charge is 0.479 e. The summed E-state index contributed by atoms with van der Waals surface area (Å²) >= 11 is 11.9. The average Bonchev–Trinajstić information content (AvgIpc) is 3.01. The highest BCUT2D eigenvalue weighted by Gasteiger charge is 2.37. The number of nitrogens with zero attached hydrogens (tertiary/aromatic N) is 3. The molecular formula is C16H12Cl2N4O3. The molecule has 0 fully saturated rings. The molecule has 1 unspecified atom stereocenters. The van der Waals surface area contributed by atoms with Crippen LogP contribution in [0.5, 0.6) is 0 Å². The van der Waals surface area contributed by atoms with Gasteiger partial charge in [-0.2, -0.15) is 0 Å². The molecule has 0 aliphatic rings. The van der Waals surface area contributed by atoms with Gasteiger partial charge in [0.15, 0.2) is 5.54 Å². The van der Waals surface area contributed by atoms with Crippen molar-refractivity contribution in [3.63, 3.8) is 0 Å². The van der Waals surface area contributed by atoms with E-state index in [1.54, 1.807) is 12.3 Å². The molecule has 0 spiro atoms. The molecule has 25 heavy (non-hydrogen) atoms. The lowest BCUT2D eigenvalue weighted by Gasteiger charge is -2.27. The third kappa shape index (κ3) is 3.29. The molecule has 0 radical (unpaired) electrons. The molecule has 0 aliphatic heterocycles. The fourth-order valence-corrected chi connectivity index (χ4v) is 2.89. The van der Waals surface area contributed by atoms with E-state index in [1.165, 1.54) is 41.9 Å². The van der Waals surface area contributed by atoms with Gasteiger partial charge in [0.2, 0.25) is 0 Å². The molecule has 1 amide bonds. The van der Waals surface area contributed by atoms with Crippen molar-refractivity contribution >= 4 is 40.6 Å². The van der Waals surface area contributed by atoms with E-state index >= 15 is 0 Å². The second-order valence-electron chi connectivity index (χ2n) is 5.56. The number of hydrogen-bond donors (Lipinski definition) is 2. The number of hydrogen-bond acceptors (Lipinski definition) is 4. The van der Waals surface area contributed by atoms with Crippen molar-refractivity contribution < 1.29 is 14.7 Å². The summed E-state index contributed by atoms with van der Waals surface area (Å²) in [5.74, 6) is -1.81. The third-order valence-electron chi connectivity index (χ3n) is 3.79. The number of fused-ring (bicyclic) bond motifs is 1. The Morgan fingerprint density at radius 2 is 1.88 bits per heavy atom. The first-order valence-electron chi connectivity index (χ1n) is 7.12. The molecular weight excluding hydrogens is 367 g/mol. The zero-order valence-corrected chi connectivity index (χ0v) is 14.4. The maximum Gasteiger partial charge on any atom is 0.333 e. The number of benzene rings is 1. The molecule has 2 heterocycles. The zero-order chi connectivity index (χ0) is 18.2. The molecule has 1 aromatic carbocycles. The van der Waals surface area contributed by atoms with Crippen LogP contribution in [-0.4, -0.2) is 31.8 Å². The summed E-state index contributed by atoms with van der Waals surface area (Å²) < 4.78 is 1.49. The van der Waals surface area contributed by atoms with Crippen LogP contribution in [0.25, 0.3) is 5.52 Å². The maximum absolute atomic E-state index is 12.6. The molecule has 2 N–H and O–H groups in total. The summed E-state index contributed by atoms with van der Waals surface area (Å²) in [6.07, 6.45) is 3.05. The molecule has 0 saturated heterocycles. The first-order chi connectivity index (χ1) is 11.8. The lowest BCUT2D eigenvalue weighted by atomic mass is 9.91. The highest BCUT2D eigenvalue weighted by atomic mass is 35.5. The van der Waals surface area contributed by atoms with Gasteiger partial charge in [0.1, 0.15) is 0 Å². The van der Waals surface area contributed by atoms with Crippen LogP contribution in [0.2, 0.25) is 10.0 Å². The van der Waals surface area contributed by atoms with Gasteiger partial charge in [-0.25, -0.2) is 9.31 Å². The lowest BCUT2D eigenvalue weighted by Crippen LogP contribution is -2.49. The molecule has 128 valence electrons. The van der Waals surface area contributed by atoms with Gasteiger partial charge >= 0.3 is 5.97 Å². The molecule has 3 rings (SSSR count). The number of aliphatic carboxylic acids is 1. The Hall–Kier alpha value is -2.64. The number of nitrogens with one attached hydrogen (secondary N) is 1. The number of carbonyl (C=O) groups is 2. The molecule has 1 atom stereocenters. The molecule has 0 aliphatic carbocycles. The van der Waals surface area contributed by atoms with Gasteiger partial charge in [-0.3, -0.25) is 4.79 Å². The summed E-state index contributed by atoms with van der Waals surface area (Å²) in [6, 6.07) is 7.46. The second kappa shape index (κ2) is 6.34. The van der Waals surface area contributed by atoms with Crippen LogP contribution in [0.1, 0.15) is 22.8 Å². The van der Waals surface area contributed by atoms with Gasteiger partial charge < -0.3 is 10.4 Å². The summed E-state index contributed by atoms with van der Waals surface area (Å²) in [5, 5.41) is 20.3. The first kappa shape index (κ1) is 17.2. The minimum Gasteiger partial charge on any atom is -0.479 e. The monoisotopic (exact) mass is 378 g/mol. The number of pyridine rings is 1.